The Labute approximate surface area is 195 Å². The van der Waals surface area contributed by atoms with E-state index in [0.717, 1.165) is 31.2 Å². The van der Waals surface area contributed by atoms with Gasteiger partial charge in [0, 0.05) is 11.4 Å². The average molecular weight is 510 g/mol. The van der Waals surface area contributed by atoms with Gasteiger partial charge in [-0.2, -0.15) is 0 Å². The van der Waals surface area contributed by atoms with E-state index in [2.05, 4.69) is 10.1 Å². The average Bonchev–Trinajstić information content (AvgIpc) is 2.71. The highest BCUT2D eigenvalue weighted by atomic mass is 32.2. The molecule has 0 bridgehead atoms. The maximum atomic E-state index is 12.9. The summed E-state index contributed by atoms with van der Waals surface area (Å²) in [5.41, 5.74) is 1.63. The molecule has 0 aliphatic rings. The molecule has 0 spiro atoms. The molecule has 0 heterocycles. The van der Waals surface area contributed by atoms with E-state index in [1.54, 1.807) is 24.3 Å². The Bertz CT molecular complexity index is 906. The van der Waals surface area contributed by atoms with Crippen LogP contribution in [0, 0.1) is 5.82 Å². The first-order chi connectivity index (χ1) is 15.5. The Kier molecular flexibility index (Phi) is 11.2. The predicted octanol–water partition coefficient (Wildman–Crippen LogP) is 5.89. The summed E-state index contributed by atoms with van der Waals surface area (Å²) >= 11 is 1.30. The van der Waals surface area contributed by atoms with Crippen LogP contribution in [0.1, 0.15) is 36.8 Å². The SMILES string of the molecule is O=P(O)(O)CCCNCc1ccc(SCCCCCc2ccc(F)cc2)c(OC(F)(F)F)c1. The van der Waals surface area contributed by atoms with E-state index in [-0.39, 0.29) is 30.7 Å². The van der Waals surface area contributed by atoms with Gasteiger partial charge in [0.25, 0.3) is 0 Å². The summed E-state index contributed by atoms with van der Waals surface area (Å²) in [7, 11) is -4.05. The minimum absolute atomic E-state index is 0.248. The molecule has 0 unspecified atom stereocenters. The molecule has 0 aromatic heterocycles. The van der Waals surface area contributed by atoms with Crippen LogP contribution in [-0.4, -0.2) is 34.6 Å². The van der Waals surface area contributed by atoms with Crippen molar-refractivity contribution in [1.29, 1.82) is 0 Å². The zero-order chi connectivity index (χ0) is 24.3. The largest absolute Gasteiger partial charge is 0.573 e. The monoisotopic (exact) mass is 509 g/mol. The third kappa shape index (κ3) is 12.5. The number of rotatable bonds is 14. The van der Waals surface area contributed by atoms with Gasteiger partial charge in [0.15, 0.2) is 0 Å². The molecule has 3 N–H and O–H groups in total. The molecule has 2 aromatic rings. The van der Waals surface area contributed by atoms with E-state index in [1.807, 2.05) is 0 Å². The normalized spacial score (nSPS) is 12.2. The Hall–Kier alpha value is -1.58. The molecule has 184 valence electrons. The Morgan fingerprint density at radius 3 is 2.33 bits per heavy atom. The standard InChI is InChI=1S/C22H28F4NO4PS/c23-19-9-6-17(7-10-19)5-2-1-3-14-33-21-11-8-18(15-20(21)31-22(24,25)26)16-27-12-4-13-32(28,29)30/h6-11,15,27H,1-5,12-14,16H2,(H2,28,29,30). The summed E-state index contributed by atoms with van der Waals surface area (Å²) in [5.74, 6) is 0.111. The molecule has 0 saturated heterocycles. The number of nitrogens with one attached hydrogen (secondary N) is 1. The molecular formula is C22H28F4NO4PS. The predicted molar refractivity (Wildman–Crippen MR) is 121 cm³/mol. The summed E-state index contributed by atoms with van der Waals surface area (Å²) in [6.07, 6.45) is -1.35. The smallest absolute Gasteiger partial charge is 0.405 e. The van der Waals surface area contributed by atoms with E-state index < -0.39 is 14.0 Å². The Morgan fingerprint density at radius 2 is 1.67 bits per heavy atom. The van der Waals surface area contributed by atoms with Crippen LogP contribution in [0.2, 0.25) is 0 Å². The van der Waals surface area contributed by atoms with Gasteiger partial charge in [0.05, 0.1) is 6.16 Å². The third-order valence-electron chi connectivity index (χ3n) is 4.65. The molecule has 5 nitrogen and oxygen atoms in total. The summed E-state index contributed by atoms with van der Waals surface area (Å²) in [6.45, 7) is 0.582. The van der Waals surface area contributed by atoms with Crippen LogP contribution in [0.15, 0.2) is 47.4 Å². The first-order valence-electron chi connectivity index (χ1n) is 10.5. The quantitative estimate of drug-likeness (QED) is 0.128. The van der Waals surface area contributed by atoms with Crippen molar-refractivity contribution in [3.05, 3.63) is 59.4 Å². The highest BCUT2D eigenvalue weighted by Crippen LogP contribution is 2.35. The van der Waals surface area contributed by atoms with Crippen LogP contribution in [0.3, 0.4) is 0 Å². The minimum atomic E-state index is -4.81. The van der Waals surface area contributed by atoms with Crippen LogP contribution in [0.4, 0.5) is 17.6 Å². The fraction of sp³-hybridized carbons (Fsp3) is 0.455. The van der Waals surface area contributed by atoms with Gasteiger partial charge in [-0.05, 0) is 73.4 Å². The molecule has 11 heteroatoms. The van der Waals surface area contributed by atoms with Crippen molar-refractivity contribution in [2.24, 2.45) is 0 Å². The van der Waals surface area contributed by atoms with Crippen molar-refractivity contribution in [3.8, 4) is 5.75 Å². The van der Waals surface area contributed by atoms with Crippen LogP contribution in [0.25, 0.3) is 0 Å². The van der Waals surface area contributed by atoms with Gasteiger partial charge in [0.1, 0.15) is 11.6 Å². The van der Waals surface area contributed by atoms with Gasteiger partial charge >= 0.3 is 14.0 Å². The maximum Gasteiger partial charge on any atom is 0.573 e. The zero-order valence-corrected chi connectivity index (χ0v) is 19.7. The lowest BCUT2D eigenvalue weighted by atomic mass is 10.1. The van der Waals surface area contributed by atoms with Crippen LogP contribution >= 0.6 is 19.4 Å². The number of aryl methyl sites for hydroxylation is 1. The van der Waals surface area contributed by atoms with Crippen LogP contribution < -0.4 is 10.1 Å². The summed E-state index contributed by atoms with van der Waals surface area (Å²) in [6, 6.07) is 11.0. The molecule has 0 amide bonds. The number of alkyl halides is 3. The zero-order valence-electron chi connectivity index (χ0n) is 18.0. The molecule has 0 aliphatic carbocycles. The highest BCUT2D eigenvalue weighted by molar-refractivity contribution is 7.99. The molecule has 33 heavy (non-hydrogen) atoms. The summed E-state index contributed by atoms with van der Waals surface area (Å²) in [4.78, 5) is 18.1. The summed E-state index contributed by atoms with van der Waals surface area (Å²) in [5, 5.41) is 2.96. The highest BCUT2D eigenvalue weighted by Gasteiger charge is 2.32. The molecule has 2 rings (SSSR count). The van der Waals surface area contributed by atoms with Crippen LogP contribution in [0.5, 0.6) is 5.75 Å². The van der Waals surface area contributed by atoms with Crippen molar-refractivity contribution in [3.63, 3.8) is 0 Å². The molecule has 0 radical (unpaired) electrons. The second kappa shape index (κ2) is 13.3. The van der Waals surface area contributed by atoms with Crippen molar-refractivity contribution in [2.45, 2.75) is 49.9 Å². The minimum Gasteiger partial charge on any atom is -0.405 e. The molecule has 0 fully saturated rings. The number of ether oxygens (including phenoxy) is 1. The van der Waals surface area contributed by atoms with Gasteiger partial charge in [-0.25, -0.2) is 4.39 Å². The third-order valence-corrected chi connectivity index (χ3v) is 6.69. The number of halogens is 4. The number of hydrogen-bond donors (Lipinski definition) is 3. The second-order valence-electron chi connectivity index (χ2n) is 7.53. The molecule has 2 aromatic carbocycles. The van der Waals surface area contributed by atoms with E-state index in [0.29, 0.717) is 22.8 Å². The van der Waals surface area contributed by atoms with Gasteiger partial charge in [-0.15, -0.1) is 24.9 Å². The fourth-order valence-corrected chi connectivity index (χ4v) is 4.62. The summed E-state index contributed by atoms with van der Waals surface area (Å²) < 4.78 is 66.5. The van der Waals surface area contributed by atoms with Crippen LogP contribution in [-0.2, 0) is 17.5 Å². The second-order valence-corrected chi connectivity index (χ2v) is 10.4. The Morgan fingerprint density at radius 1 is 0.970 bits per heavy atom. The Balaban J connectivity index is 1.80. The van der Waals surface area contributed by atoms with E-state index in [4.69, 9.17) is 9.79 Å². The van der Waals surface area contributed by atoms with E-state index in [9.17, 15) is 22.1 Å². The van der Waals surface area contributed by atoms with E-state index in [1.165, 1.54) is 30.0 Å². The van der Waals surface area contributed by atoms with Gasteiger partial charge in [0.2, 0.25) is 0 Å². The van der Waals surface area contributed by atoms with Crippen molar-refractivity contribution in [2.75, 3.05) is 18.5 Å². The number of hydrogen-bond acceptors (Lipinski definition) is 4. The van der Waals surface area contributed by atoms with Gasteiger partial charge < -0.3 is 19.8 Å². The van der Waals surface area contributed by atoms with Crippen molar-refractivity contribution < 1.29 is 36.7 Å². The lowest BCUT2D eigenvalue weighted by Crippen LogP contribution is -2.19. The molecule has 0 saturated carbocycles. The first-order valence-corrected chi connectivity index (χ1v) is 13.3. The fourth-order valence-electron chi connectivity index (χ4n) is 3.07. The number of thioether (sulfide) groups is 1. The van der Waals surface area contributed by atoms with Crippen molar-refractivity contribution >= 4 is 19.4 Å². The maximum absolute atomic E-state index is 12.9. The number of benzene rings is 2. The molecule has 0 atom stereocenters. The van der Waals surface area contributed by atoms with Crippen molar-refractivity contribution in [1.82, 2.24) is 5.32 Å². The number of unbranched alkanes of at least 4 members (excludes halogenated alkanes) is 2. The van der Waals surface area contributed by atoms with E-state index >= 15 is 0 Å². The lowest BCUT2D eigenvalue weighted by molar-refractivity contribution is -0.275. The van der Waals surface area contributed by atoms with Gasteiger partial charge in [-0.3, -0.25) is 4.57 Å². The first kappa shape index (κ1) is 27.7. The topological polar surface area (TPSA) is 78.8 Å². The lowest BCUT2D eigenvalue weighted by Gasteiger charge is -2.15. The molecular weight excluding hydrogens is 481 g/mol. The van der Waals surface area contributed by atoms with Gasteiger partial charge in [-0.1, -0.05) is 24.6 Å². The molecule has 0 aliphatic heterocycles.